The summed E-state index contributed by atoms with van der Waals surface area (Å²) in [6.45, 7) is 1.87. The van der Waals surface area contributed by atoms with Crippen molar-refractivity contribution >= 4 is 23.3 Å². The first-order valence-electron chi connectivity index (χ1n) is 5.94. The van der Waals surface area contributed by atoms with Crippen molar-refractivity contribution in [1.29, 1.82) is 0 Å². The lowest BCUT2D eigenvalue weighted by Crippen LogP contribution is -2.37. The van der Waals surface area contributed by atoms with Crippen LogP contribution in [0.4, 0.5) is 10.5 Å². The minimum Gasteiger partial charge on any atom is -0.334 e. The smallest absolute Gasteiger partial charge is 0.319 e. The van der Waals surface area contributed by atoms with E-state index in [0.717, 1.165) is 18.5 Å². The molecule has 0 spiro atoms. The van der Waals surface area contributed by atoms with Crippen molar-refractivity contribution in [2.45, 2.75) is 32.2 Å². The summed E-state index contributed by atoms with van der Waals surface area (Å²) < 4.78 is 0. The van der Waals surface area contributed by atoms with Crippen LogP contribution < -0.4 is 10.6 Å². The second-order valence-electron chi connectivity index (χ2n) is 4.49. The highest BCUT2D eigenvalue weighted by Gasteiger charge is 2.12. The van der Waals surface area contributed by atoms with Gasteiger partial charge in [-0.3, -0.25) is 0 Å². The molecule has 1 aliphatic carbocycles. The van der Waals surface area contributed by atoms with Gasteiger partial charge < -0.3 is 10.6 Å². The molecule has 0 radical (unpaired) electrons. The minimum absolute atomic E-state index is 0.0221. The van der Waals surface area contributed by atoms with E-state index in [1.165, 1.54) is 17.5 Å². The number of fused-ring (bicyclic) bond motifs is 1. The molecule has 3 nitrogen and oxygen atoms in total. The maximum absolute atomic E-state index is 11.6. The number of halogens is 1. The Labute approximate surface area is 107 Å². The molecule has 0 saturated heterocycles. The molecule has 2 amide bonds. The molecule has 2 N–H and O–H groups in total. The zero-order chi connectivity index (χ0) is 12.3. The number of rotatable bonds is 3. The molecule has 0 aromatic heterocycles. The predicted octanol–water partition coefficient (Wildman–Crippen LogP) is 2.92. The highest BCUT2D eigenvalue weighted by atomic mass is 35.5. The Hall–Kier alpha value is -1.22. The second kappa shape index (κ2) is 5.41. The van der Waals surface area contributed by atoms with Crippen molar-refractivity contribution in [3.63, 3.8) is 0 Å². The van der Waals surface area contributed by atoms with Gasteiger partial charge in [-0.2, -0.15) is 0 Å². The fourth-order valence-electron chi connectivity index (χ4n) is 2.08. The van der Waals surface area contributed by atoms with Gasteiger partial charge in [0.15, 0.2) is 0 Å². The Balaban J connectivity index is 1.97. The van der Waals surface area contributed by atoms with Gasteiger partial charge in [-0.1, -0.05) is 6.07 Å². The Morgan fingerprint density at radius 2 is 2.18 bits per heavy atom. The van der Waals surface area contributed by atoms with Crippen LogP contribution in [0.1, 0.15) is 24.5 Å². The molecular formula is C13H17ClN2O. The number of benzene rings is 1. The third kappa shape index (κ3) is 3.13. The first-order valence-corrected chi connectivity index (χ1v) is 6.48. The first-order chi connectivity index (χ1) is 8.19. The van der Waals surface area contributed by atoms with Gasteiger partial charge in [0, 0.05) is 17.6 Å². The number of alkyl halides is 1. The van der Waals surface area contributed by atoms with Crippen LogP contribution >= 0.6 is 11.6 Å². The summed E-state index contributed by atoms with van der Waals surface area (Å²) in [6.07, 6.45) is 3.49. The Morgan fingerprint density at radius 1 is 1.41 bits per heavy atom. The summed E-state index contributed by atoms with van der Waals surface area (Å²) in [6, 6.07) is 5.90. The molecule has 2 rings (SSSR count). The normalized spacial score (nSPS) is 15.2. The van der Waals surface area contributed by atoms with E-state index in [2.05, 4.69) is 22.8 Å². The topological polar surface area (TPSA) is 41.1 Å². The third-order valence-corrected chi connectivity index (χ3v) is 3.43. The summed E-state index contributed by atoms with van der Waals surface area (Å²) in [5, 5.41) is 5.59. The highest BCUT2D eigenvalue weighted by molar-refractivity contribution is 6.18. The van der Waals surface area contributed by atoms with E-state index in [9.17, 15) is 4.79 Å². The average molecular weight is 253 g/mol. The number of nitrogens with one attached hydrogen (secondary N) is 2. The zero-order valence-corrected chi connectivity index (χ0v) is 10.7. The average Bonchev–Trinajstić information content (AvgIpc) is 2.75. The lowest BCUT2D eigenvalue weighted by Gasteiger charge is -2.12. The van der Waals surface area contributed by atoms with Crippen molar-refractivity contribution < 1.29 is 4.79 Å². The summed E-state index contributed by atoms with van der Waals surface area (Å²) in [4.78, 5) is 11.6. The van der Waals surface area contributed by atoms with E-state index in [1.807, 2.05) is 13.0 Å². The maximum atomic E-state index is 11.6. The van der Waals surface area contributed by atoms with Crippen LogP contribution in [0.5, 0.6) is 0 Å². The number of anilines is 1. The van der Waals surface area contributed by atoms with Crippen molar-refractivity contribution in [3.8, 4) is 0 Å². The lowest BCUT2D eigenvalue weighted by molar-refractivity contribution is 0.250. The standard InChI is InChI=1S/C13H17ClN2O/c1-9(8-14)15-13(17)16-12-6-5-10-3-2-4-11(10)7-12/h5-7,9H,2-4,8H2,1H3,(H2,15,16,17)/t9-/m0/s1. The molecule has 0 bridgehead atoms. The van der Waals surface area contributed by atoms with Gasteiger partial charge in [0.05, 0.1) is 0 Å². The number of hydrogen-bond acceptors (Lipinski definition) is 1. The third-order valence-electron chi connectivity index (χ3n) is 2.97. The fraction of sp³-hybridized carbons (Fsp3) is 0.462. The predicted molar refractivity (Wildman–Crippen MR) is 70.8 cm³/mol. The SMILES string of the molecule is C[C@@H](CCl)NC(=O)Nc1ccc2c(c1)CCC2. The summed E-state index contributed by atoms with van der Waals surface area (Å²) in [7, 11) is 0. The van der Waals surface area contributed by atoms with Gasteiger partial charge in [0.2, 0.25) is 0 Å². The van der Waals surface area contributed by atoms with Gasteiger partial charge in [0.25, 0.3) is 0 Å². The van der Waals surface area contributed by atoms with E-state index < -0.39 is 0 Å². The van der Waals surface area contributed by atoms with Crippen molar-refractivity contribution in [2.75, 3.05) is 11.2 Å². The lowest BCUT2D eigenvalue weighted by atomic mass is 10.1. The van der Waals surface area contributed by atoms with Gasteiger partial charge >= 0.3 is 6.03 Å². The van der Waals surface area contributed by atoms with Crippen molar-refractivity contribution in [1.82, 2.24) is 5.32 Å². The number of amides is 2. The van der Waals surface area contributed by atoms with Crippen LogP contribution in [0.3, 0.4) is 0 Å². The molecule has 0 fully saturated rings. The first kappa shape index (κ1) is 12.2. The number of carbonyl (C=O) groups is 1. The van der Waals surface area contributed by atoms with E-state index in [1.54, 1.807) is 0 Å². The molecule has 17 heavy (non-hydrogen) atoms. The maximum Gasteiger partial charge on any atom is 0.319 e. The monoisotopic (exact) mass is 252 g/mol. The van der Waals surface area contributed by atoms with Gasteiger partial charge in [-0.05, 0) is 49.4 Å². The number of hydrogen-bond donors (Lipinski definition) is 2. The van der Waals surface area contributed by atoms with E-state index in [0.29, 0.717) is 5.88 Å². The van der Waals surface area contributed by atoms with E-state index in [-0.39, 0.29) is 12.1 Å². The molecule has 1 aliphatic rings. The summed E-state index contributed by atoms with van der Waals surface area (Å²) in [5.41, 5.74) is 3.61. The Kier molecular flexibility index (Phi) is 3.89. The fourth-order valence-corrected chi connectivity index (χ4v) is 2.16. The van der Waals surface area contributed by atoms with Crippen LogP contribution in [0.15, 0.2) is 18.2 Å². The molecule has 1 aromatic rings. The molecule has 0 unspecified atom stereocenters. The molecule has 0 saturated carbocycles. The van der Waals surface area contributed by atoms with Crippen LogP contribution in [0.2, 0.25) is 0 Å². The molecule has 1 atom stereocenters. The number of carbonyl (C=O) groups excluding carboxylic acids is 1. The van der Waals surface area contributed by atoms with Crippen LogP contribution in [0, 0.1) is 0 Å². The molecule has 0 heterocycles. The molecule has 1 aromatic carbocycles. The number of urea groups is 1. The van der Waals surface area contributed by atoms with E-state index in [4.69, 9.17) is 11.6 Å². The van der Waals surface area contributed by atoms with Crippen LogP contribution in [-0.2, 0) is 12.8 Å². The molecular weight excluding hydrogens is 236 g/mol. The summed E-state index contributed by atoms with van der Waals surface area (Å²) >= 11 is 5.63. The van der Waals surface area contributed by atoms with Gasteiger partial charge in [-0.15, -0.1) is 11.6 Å². The minimum atomic E-state index is -0.198. The Bertz CT molecular complexity index is 420. The number of aryl methyl sites for hydroxylation is 2. The van der Waals surface area contributed by atoms with E-state index >= 15 is 0 Å². The van der Waals surface area contributed by atoms with Crippen LogP contribution in [0.25, 0.3) is 0 Å². The van der Waals surface area contributed by atoms with Gasteiger partial charge in [0.1, 0.15) is 0 Å². The molecule has 92 valence electrons. The van der Waals surface area contributed by atoms with Crippen molar-refractivity contribution in [2.24, 2.45) is 0 Å². The van der Waals surface area contributed by atoms with Crippen LogP contribution in [-0.4, -0.2) is 18.0 Å². The summed E-state index contributed by atoms with van der Waals surface area (Å²) in [5.74, 6) is 0.414. The molecule has 0 aliphatic heterocycles. The highest BCUT2D eigenvalue weighted by Crippen LogP contribution is 2.24. The quantitative estimate of drug-likeness (QED) is 0.798. The molecule has 4 heteroatoms. The van der Waals surface area contributed by atoms with Gasteiger partial charge in [-0.25, -0.2) is 4.79 Å². The van der Waals surface area contributed by atoms with Crippen molar-refractivity contribution in [3.05, 3.63) is 29.3 Å². The zero-order valence-electron chi connectivity index (χ0n) is 9.92. The second-order valence-corrected chi connectivity index (χ2v) is 4.80. The Morgan fingerprint density at radius 3 is 2.94 bits per heavy atom. The largest absolute Gasteiger partial charge is 0.334 e.